The second kappa shape index (κ2) is 5.94. The van der Waals surface area contributed by atoms with E-state index >= 15 is 0 Å². The van der Waals surface area contributed by atoms with Gasteiger partial charge in [0, 0.05) is 16.8 Å². The zero-order chi connectivity index (χ0) is 14.8. The van der Waals surface area contributed by atoms with Gasteiger partial charge in [0.2, 0.25) is 0 Å². The van der Waals surface area contributed by atoms with E-state index in [0.717, 1.165) is 30.7 Å². The number of benzene rings is 2. The van der Waals surface area contributed by atoms with Crippen LogP contribution < -0.4 is 10.1 Å². The summed E-state index contributed by atoms with van der Waals surface area (Å²) in [5.74, 6) is 0.561. The van der Waals surface area contributed by atoms with Crippen molar-refractivity contribution in [2.45, 2.75) is 25.3 Å². The lowest BCUT2D eigenvalue weighted by Gasteiger charge is -2.26. The van der Waals surface area contributed by atoms with E-state index in [1.54, 1.807) is 13.2 Å². The number of ether oxygens (including phenoxy) is 1. The molecular formula is C17H17ClFNO. The van der Waals surface area contributed by atoms with Gasteiger partial charge in [-0.1, -0.05) is 17.7 Å². The molecular weight excluding hydrogens is 289 g/mol. The molecule has 21 heavy (non-hydrogen) atoms. The fraction of sp³-hybridized carbons (Fsp3) is 0.294. The standard InChI is InChI=1S/C17H17ClFNO/c1-21-17-5-3-11-2-4-15(6-12(11)7-17)20-16-9-13(18)8-14(19)10-16/h3,5,7-10,15,20H,2,4,6H2,1H3. The number of methoxy groups -OCH3 is 1. The Labute approximate surface area is 128 Å². The van der Waals surface area contributed by atoms with Gasteiger partial charge in [0.15, 0.2) is 0 Å². The summed E-state index contributed by atoms with van der Waals surface area (Å²) in [7, 11) is 1.68. The zero-order valence-corrected chi connectivity index (χ0v) is 12.6. The Bertz CT molecular complexity index is 639. The molecule has 0 radical (unpaired) electrons. The predicted molar refractivity (Wildman–Crippen MR) is 83.8 cm³/mol. The van der Waals surface area contributed by atoms with Gasteiger partial charge >= 0.3 is 0 Å². The van der Waals surface area contributed by atoms with Crippen molar-refractivity contribution in [3.05, 3.63) is 58.4 Å². The van der Waals surface area contributed by atoms with E-state index in [4.69, 9.17) is 16.3 Å². The fourth-order valence-electron chi connectivity index (χ4n) is 2.86. The van der Waals surface area contributed by atoms with E-state index in [2.05, 4.69) is 17.4 Å². The highest BCUT2D eigenvalue weighted by Gasteiger charge is 2.19. The molecule has 1 aliphatic rings. The summed E-state index contributed by atoms with van der Waals surface area (Å²) in [5.41, 5.74) is 3.39. The highest BCUT2D eigenvalue weighted by molar-refractivity contribution is 6.30. The van der Waals surface area contributed by atoms with Crippen LogP contribution in [-0.4, -0.2) is 13.2 Å². The molecule has 0 aliphatic heterocycles. The van der Waals surface area contributed by atoms with Gasteiger partial charge in [-0.15, -0.1) is 0 Å². The van der Waals surface area contributed by atoms with Crippen LogP contribution in [-0.2, 0) is 12.8 Å². The third-order valence-electron chi connectivity index (χ3n) is 3.88. The Kier molecular flexibility index (Phi) is 4.02. The first-order chi connectivity index (χ1) is 10.1. The summed E-state index contributed by atoms with van der Waals surface area (Å²) < 4.78 is 18.7. The van der Waals surface area contributed by atoms with E-state index in [9.17, 15) is 4.39 Å². The average molecular weight is 306 g/mol. The van der Waals surface area contributed by atoms with Crippen LogP contribution in [0.2, 0.25) is 5.02 Å². The Hall–Kier alpha value is -1.74. The molecule has 1 unspecified atom stereocenters. The number of rotatable bonds is 3. The maximum Gasteiger partial charge on any atom is 0.126 e. The minimum atomic E-state index is -0.317. The molecule has 0 saturated heterocycles. The summed E-state index contributed by atoms with van der Waals surface area (Å²) >= 11 is 5.89. The predicted octanol–water partition coefficient (Wildman–Crippen LogP) is 4.46. The Morgan fingerprint density at radius 2 is 2.05 bits per heavy atom. The van der Waals surface area contributed by atoms with Crippen molar-refractivity contribution < 1.29 is 9.13 Å². The van der Waals surface area contributed by atoms with Gasteiger partial charge in [-0.2, -0.15) is 0 Å². The molecule has 1 aliphatic carbocycles. The average Bonchev–Trinajstić information content (AvgIpc) is 2.45. The smallest absolute Gasteiger partial charge is 0.126 e. The maximum atomic E-state index is 13.4. The maximum absolute atomic E-state index is 13.4. The number of halogens is 2. The summed E-state index contributed by atoms with van der Waals surface area (Å²) in [6.45, 7) is 0. The van der Waals surface area contributed by atoms with Gasteiger partial charge in [-0.25, -0.2) is 4.39 Å². The van der Waals surface area contributed by atoms with Crippen LogP contribution in [0.1, 0.15) is 17.5 Å². The van der Waals surface area contributed by atoms with Crippen molar-refractivity contribution in [1.29, 1.82) is 0 Å². The minimum absolute atomic E-state index is 0.280. The molecule has 2 aromatic rings. The van der Waals surface area contributed by atoms with Gasteiger partial charge in [0.1, 0.15) is 11.6 Å². The van der Waals surface area contributed by atoms with Crippen molar-refractivity contribution in [2.75, 3.05) is 12.4 Å². The van der Waals surface area contributed by atoms with Crippen molar-refractivity contribution in [3.8, 4) is 5.75 Å². The monoisotopic (exact) mass is 305 g/mol. The molecule has 0 saturated carbocycles. The van der Waals surface area contributed by atoms with Gasteiger partial charge in [0.25, 0.3) is 0 Å². The van der Waals surface area contributed by atoms with Crippen molar-refractivity contribution in [3.63, 3.8) is 0 Å². The lowest BCUT2D eigenvalue weighted by molar-refractivity contribution is 0.413. The summed E-state index contributed by atoms with van der Waals surface area (Å²) in [6.07, 6.45) is 2.94. The molecule has 0 bridgehead atoms. The number of hydrogen-bond donors (Lipinski definition) is 1. The van der Waals surface area contributed by atoms with E-state index < -0.39 is 0 Å². The number of fused-ring (bicyclic) bond motifs is 1. The van der Waals surface area contributed by atoms with Crippen LogP contribution >= 0.6 is 11.6 Å². The highest BCUT2D eigenvalue weighted by Crippen LogP contribution is 2.28. The molecule has 0 heterocycles. The Morgan fingerprint density at radius 1 is 1.19 bits per heavy atom. The van der Waals surface area contributed by atoms with Gasteiger partial charge in [-0.05, 0) is 60.7 Å². The quantitative estimate of drug-likeness (QED) is 0.904. The van der Waals surface area contributed by atoms with E-state index in [0.29, 0.717) is 5.02 Å². The molecule has 2 aromatic carbocycles. The second-order valence-electron chi connectivity index (χ2n) is 5.38. The van der Waals surface area contributed by atoms with E-state index in [1.807, 2.05) is 6.07 Å². The molecule has 110 valence electrons. The van der Waals surface area contributed by atoms with E-state index in [1.165, 1.54) is 23.3 Å². The first-order valence-electron chi connectivity index (χ1n) is 7.02. The highest BCUT2D eigenvalue weighted by atomic mass is 35.5. The van der Waals surface area contributed by atoms with Crippen LogP contribution in [0, 0.1) is 5.82 Å². The molecule has 0 fully saturated rings. The second-order valence-corrected chi connectivity index (χ2v) is 5.81. The number of aryl methyl sites for hydroxylation is 1. The number of anilines is 1. The SMILES string of the molecule is COc1ccc2c(c1)CC(Nc1cc(F)cc(Cl)c1)CC2. The Morgan fingerprint density at radius 3 is 2.81 bits per heavy atom. The molecule has 0 aromatic heterocycles. The largest absolute Gasteiger partial charge is 0.497 e. The first-order valence-corrected chi connectivity index (χ1v) is 7.40. The van der Waals surface area contributed by atoms with E-state index in [-0.39, 0.29) is 11.9 Å². The molecule has 3 rings (SSSR count). The molecule has 1 atom stereocenters. The van der Waals surface area contributed by atoms with Gasteiger partial charge < -0.3 is 10.1 Å². The third kappa shape index (κ3) is 3.30. The van der Waals surface area contributed by atoms with Gasteiger partial charge in [0.05, 0.1) is 7.11 Å². The van der Waals surface area contributed by atoms with Crippen LogP contribution in [0.3, 0.4) is 0 Å². The summed E-state index contributed by atoms with van der Waals surface area (Å²) in [4.78, 5) is 0. The molecule has 4 heteroatoms. The summed E-state index contributed by atoms with van der Waals surface area (Å²) in [6, 6.07) is 11.0. The van der Waals surface area contributed by atoms with Crippen LogP contribution in [0.4, 0.5) is 10.1 Å². The van der Waals surface area contributed by atoms with Crippen molar-refractivity contribution >= 4 is 17.3 Å². The van der Waals surface area contributed by atoms with Crippen LogP contribution in [0.25, 0.3) is 0 Å². The lowest BCUT2D eigenvalue weighted by Crippen LogP contribution is -2.27. The topological polar surface area (TPSA) is 21.3 Å². The fourth-order valence-corrected chi connectivity index (χ4v) is 3.08. The normalized spacial score (nSPS) is 17.2. The van der Waals surface area contributed by atoms with Crippen LogP contribution in [0.15, 0.2) is 36.4 Å². The van der Waals surface area contributed by atoms with Gasteiger partial charge in [-0.3, -0.25) is 0 Å². The lowest BCUT2D eigenvalue weighted by atomic mass is 9.88. The van der Waals surface area contributed by atoms with Crippen molar-refractivity contribution in [1.82, 2.24) is 0 Å². The molecule has 0 spiro atoms. The Balaban J connectivity index is 1.76. The summed E-state index contributed by atoms with van der Waals surface area (Å²) in [5, 5.41) is 3.79. The molecule has 2 nitrogen and oxygen atoms in total. The minimum Gasteiger partial charge on any atom is -0.497 e. The zero-order valence-electron chi connectivity index (χ0n) is 11.8. The molecule has 0 amide bonds. The molecule has 1 N–H and O–H groups in total. The number of nitrogens with one attached hydrogen (secondary N) is 1. The third-order valence-corrected chi connectivity index (χ3v) is 4.09. The first kappa shape index (κ1) is 14.2. The van der Waals surface area contributed by atoms with Crippen LogP contribution in [0.5, 0.6) is 5.75 Å². The number of hydrogen-bond acceptors (Lipinski definition) is 2. The van der Waals surface area contributed by atoms with Crippen molar-refractivity contribution in [2.24, 2.45) is 0 Å².